The van der Waals surface area contributed by atoms with Crippen molar-refractivity contribution >= 4 is 33.1 Å². The van der Waals surface area contributed by atoms with Crippen LogP contribution in [0.3, 0.4) is 0 Å². The smallest absolute Gasteiger partial charge is 0.168 e. The Kier molecular flexibility index (Phi) is 11.7. The topological polar surface area (TPSA) is 56.7 Å². The number of aromatic nitrogens is 4. The summed E-state index contributed by atoms with van der Waals surface area (Å²) in [4.78, 5) is 14.4. The molecule has 0 saturated heterocycles. The van der Waals surface area contributed by atoms with Crippen LogP contribution in [0.5, 0.6) is 0 Å². The molecule has 323 valence electrons. The van der Waals surface area contributed by atoms with Gasteiger partial charge in [0.1, 0.15) is 5.58 Å². The molecule has 7 heteroatoms. The van der Waals surface area contributed by atoms with Gasteiger partial charge < -0.3 is 14.0 Å². The average Bonchev–Trinajstić information content (AvgIpc) is 3.84. The zero-order chi connectivity index (χ0) is 46.6. The van der Waals surface area contributed by atoms with Crippen molar-refractivity contribution < 1.29 is 33.0 Å². The SMILES string of the molecule is CC(C)c1cccc(C(C)C)c1-n1c(-c2[c-]ccc3c2oc2cc(-c4ccccc4)ccc23)nc2nccc(C(C)(C)C)c21.[2H]C([2H])([2H])c1c[c-]c(-c2ccc(C(C)(C)C)cn2)c(F)c1.[Ir]. The number of imidazole rings is 1. The fraction of sp³-hybridized carbons (Fsp3) is 0.268. The first-order valence-electron chi connectivity index (χ1n) is 22.8. The Morgan fingerprint density at radius 1 is 0.730 bits per heavy atom. The number of rotatable bonds is 6. The summed E-state index contributed by atoms with van der Waals surface area (Å²) in [7, 11) is 0. The second kappa shape index (κ2) is 17.8. The normalized spacial score (nSPS) is 12.9. The van der Waals surface area contributed by atoms with Gasteiger partial charge in [0.15, 0.2) is 5.65 Å². The molecule has 5 aromatic carbocycles. The first-order valence-corrected chi connectivity index (χ1v) is 21.3. The number of furan rings is 1. The third kappa shape index (κ3) is 8.92. The van der Waals surface area contributed by atoms with Crippen LogP contribution < -0.4 is 0 Å². The Bertz CT molecular complexity index is 3150. The van der Waals surface area contributed by atoms with Crippen LogP contribution in [0.25, 0.3) is 72.6 Å². The second-order valence-corrected chi connectivity index (χ2v) is 18.7. The third-order valence-corrected chi connectivity index (χ3v) is 11.5. The summed E-state index contributed by atoms with van der Waals surface area (Å²) in [5.74, 6) is 0.795. The third-order valence-electron chi connectivity index (χ3n) is 11.5. The number of hydrogen-bond donors (Lipinski definition) is 0. The van der Waals surface area contributed by atoms with Gasteiger partial charge in [0.05, 0.1) is 16.9 Å². The maximum Gasteiger partial charge on any atom is 0.168 e. The summed E-state index contributed by atoms with van der Waals surface area (Å²) in [6.07, 6.45) is 3.60. The van der Waals surface area contributed by atoms with E-state index in [0.717, 1.165) is 67.2 Å². The van der Waals surface area contributed by atoms with E-state index >= 15 is 0 Å². The fourth-order valence-electron chi connectivity index (χ4n) is 8.13. The van der Waals surface area contributed by atoms with E-state index in [2.05, 4.69) is 164 Å². The molecule has 0 bridgehead atoms. The largest absolute Gasteiger partial charge is 0.501 e. The Hall–Kier alpha value is -5.75. The van der Waals surface area contributed by atoms with Crippen molar-refractivity contribution in [2.45, 2.75) is 98.8 Å². The first kappa shape index (κ1) is 41.3. The van der Waals surface area contributed by atoms with Crippen LogP contribution in [-0.2, 0) is 30.9 Å². The Labute approximate surface area is 389 Å². The zero-order valence-corrected chi connectivity index (χ0v) is 40.0. The first-order chi connectivity index (χ1) is 30.7. The molecule has 0 aliphatic carbocycles. The van der Waals surface area contributed by atoms with Crippen LogP contribution >= 0.6 is 0 Å². The van der Waals surface area contributed by atoms with Gasteiger partial charge in [0, 0.05) is 53.5 Å². The van der Waals surface area contributed by atoms with Crippen molar-refractivity contribution in [1.82, 2.24) is 19.5 Å². The number of fused-ring (bicyclic) bond motifs is 4. The summed E-state index contributed by atoms with van der Waals surface area (Å²) in [5, 5.41) is 2.13. The number of aryl methyl sites for hydroxylation is 1. The molecule has 0 aliphatic rings. The minimum Gasteiger partial charge on any atom is -0.501 e. The zero-order valence-electron chi connectivity index (χ0n) is 40.6. The number of nitrogens with zero attached hydrogens (tertiary/aromatic N) is 4. The number of benzene rings is 5. The van der Waals surface area contributed by atoms with Gasteiger partial charge >= 0.3 is 0 Å². The predicted molar refractivity (Wildman–Crippen MR) is 255 cm³/mol. The van der Waals surface area contributed by atoms with Gasteiger partial charge in [-0.15, -0.1) is 42.0 Å². The molecule has 0 amide bonds. The monoisotopic (exact) mass is 1010 g/mol. The summed E-state index contributed by atoms with van der Waals surface area (Å²) in [6, 6.07) is 42.0. The van der Waals surface area contributed by atoms with Crippen molar-refractivity contribution in [3.05, 3.63) is 167 Å². The van der Waals surface area contributed by atoms with E-state index in [-0.39, 0.29) is 42.1 Å². The van der Waals surface area contributed by atoms with Crippen LogP contribution in [0.4, 0.5) is 4.39 Å². The van der Waals surface area contributed by atoms with Gasteiger partial charge in [-0.2, -0.15) is 0 Å². The quantitative estimate of drug-likeness (QED) is 0.156. The molecule has 4 heterocycles. The van der Waals surface area contributed by atoms with Crippen LogP contribution in [0, 0.1) is 24.8 Å². The van der Waals surface area contributed by atoms with Gasteiger partial charge in [-0.25, -0.2) is 4.98 Å². The van der Waals surface area contributed by atoms with Crippen molar-refractivity contribution in [3.63, 3.8) is 0 Å². The maximum absolute atomic E-state index is 14.1. The van der Waals surface area contributed by atoms with Gasteiger partial charge in [-0.05, 0) is 73.9 Å². The van der Waals surface area contributed by atoms with E-state index in [9.17, 15) is 4.39 Å². The van der Waals surface area contributed by atoms with E-state index < -0.39 is 12.7 Å². The van der Waals surface area contributed by atoms with E-state index in [4.69, 9.17) is 18.5 Å². The van der Waals surface area contributed by atoms with Gasteiger partial charge in [0.25, 0.3) is 0 Å². The molecule has 0 unspecified atom stereocenters. The molecular formula is C56H55FIrN4O-2. The fourth-order valence-corrected chi connectivity index (χ4v) is 8.13. The number of hydrogen-bond acceptors (Lipinski definition) is 4. The van der Waals surface area contributed by atoms with Crippen molar-refractivity contribution in [1.29, 1.82) is 0 Å². The summed E-state index contributed by atoms with van der Waals surface area (Å²) < 4.78 is 45.0. The summed E-state index contributed by atoms with van der Waals surface area (Å²) in [5.41, 5.74) is 13.0. The molecule has 4 aromatic heterocycles. The van der Waals surface area contributed by atoms with E-state index in [1.165, 1.54) is 28.4 Å². The molecule has 0 saturated carbocycles. The van der Waals surface area contributed by atoms with Gasteiger partial charge in [-0.1, -0.05) is 165 Å². The van der Waals surface area contributed by atoms with Crippen LogP contribution in [0.2, 0.25) is 0 Å². The van der Waals surface area contributed by atoms with Crippen molar-refractivity contribution in [2.24, 2.45) is 0 Å². The van der Waals surface area contributed by atoms with Crippen LogP contribution in [0.1, 0.15) is 113 Å². The molecule has 63 heavy (non-hydrogen) atoms. The molecule has 9 rings (SSSR count). The van der Waals surface area contributed by atoms with Crippen molar-refractivity contribution in [3.8, 4) is 39.5 Å². The molecule has 0 spiro atoms. The predicted octanol–water partition coefficient (Wildman–Crippen LogP) is 15.3. The summed E-state index contributed by atoms with van der Waals surface area (Å²) in [6.45, 7) is 19.7. The average molecular weight is 1010 g/mol. The number of halogens is 1. The second-order valence-electron chi connectivity index (χ2n) is 18.7. The Morgan fingerprint density at radius 2 is 1.46 bits per heavy atom. The number of pyridine rings is 2. The van der Waals surface area contributed by atoms with Crippen LogP contribution in [0.15, 0.2) is 126 Å². The standard InChI is InChI=1S/C40H38N3O.C16H17FN.Ir/c1-24(2)28-15-11-16-29(25(3)4)35(28)43-36-33(40(5,6)7)21-22-41-38(36)42-39(43)32-18-12-17-31-30-20-19-27(23-34(30)44-37(31)32)26-13-9-8-10-14-26;1-11-5-7-13(14(17)9-11)15-8-6-12(10-18-15)16(2,3)4;/h8-17,19-25H,1-7H3;5-6,8-10H,1-4H3;/q2*-1;/i;1D3;. The Morgan fingerprint density at radius 3 is 2.08 bits per heavy atom. The minimum atomic E-state index is -2.33. The molecule has 9 aromatic rings. The molecule has 0 atom stereocenters. The molecule has 1 radical (unpaired) electrons. The molecule has 5 nitrogen and oxygen atoms in total. The van der Waals surface area contributed by atoms with Crippen molar-refractivity contribution in [2.75, 3.05) is 0 Å². The van der Waals surface area contributed by atoms with Gasteiger partial charge in [-0.3, -0.25) is 9.37 Å². The molecule has 0 fully saturated rings. The molecule has 0 N–H and O–H groups in total. The maximum atomic E-state index is 14.1. The van der Waals surface area contributed by atoms with Crippen LogP contribution in [-0.4, -0.2) is 19.5 Å². The molecular weight excluding hydrogens is 956 g/mol. The van der Waals surface area contributed by atoms with Gasteiger partial charge in [0.2, 0.25) is 0 Å². The van der Waals surface area contributed by atoms with E-state index in [1.807, 2.05) is 24.4 Å². The van der Waals surface area contributed by atoms with E-state index in [0.29, 0.717) is 17.5 Å². The minimum absolute atomic E-state index is 0. The number of para-hydroxylation sites is 1. The molecule has 0 aliphatic heterocycles. The van der Waals surface area contributed by atoms with E-state index in [1.54, 1.807) is 12.3 Å². The summed E-state index contributed by atoms with van der Waals surface area (Å²) >= 11 is 0. The Balaban J connectivity index is 0.000000249.